The van der Waals surface area contributed by atoms with Crippen molar-refractivity contribution in [1.29, 1.82) is 5.26 Å². The molecule has 0 bridgehead atoms. The number of rotatable bonds is 3. The molecule has 132 valence electrons. The van der Waals surface area contributed by atoms with E-state index in [2.05, 4.69) is 27.0 Å². The number of hydrogen-bond donors (Lipinski definition) is 1. The molecular weight excluding hydrogens is 392 g/mol. The predicted molar refractivity (Wildman–Crippen MR) is 105 cm³/mol. The molecule has 26 heavy (non-hydrogen) atoms. The maximum atomic E-state index is 12.2. The van der Waals surface area contributed by atoms with Gasteiger partial charge in [0.2, 0.25) is 0 Å². The number of fused-ring (bicyclic) bond motifs is 1. The van der Waals surface area contributed by atoms with E-state index in [4.69, 9.17) is 10.00 Å². The molecule has 0 fully saturated rings. The Hall–Kier alpha value is -2.58. The summed E-state index contributed by atoms with van der Waals surface area (Å²) in [5.74, 6) is -0.333. The molecule has 0 aliphatic rings. The molecule has 0 spiro atoms. The fourth-order valence-electron chi connectivity index (χ4n) is 2.76. The maximum Gasteiger partial charge on any atom is 0.338 e. The van der Waals surface area contributed by atoms with Crippen LogP contribution in [0.5, 0.6) is 0 Å². The fourth-order valence-corrected chi connectivity index (χ4v) is 3.28. The van der Waals surface area contributed by atoms with Gasteiger partial charge in [-0.15, -0.1) is 0 Å². The zero-order chi connectivity index (χ0) is 18.9. The van der Waals surface area contributed by atoms with E-state index in [9.17, 15) is 4.79 Å². The van der Waals surface area contributed by atoms with Crippen LogP contribution in [0.1, 0.15) is 47.8 Å². The molecule has 3 aromatic rings. The predicted octanol–water partition coefficient (Wildman–Crippen LogP) is 5.35. The number of nitrogens with one attached hydrogen (secondary N) is 1. The standard InChI is InChI=1S/C21H19BrN2O2/c1-21(2,3)26-20(25)15-6-5-14(18(22)10-15)9-16-12-24-19-8-13(11-23)4-7-17(16)19/h4-8,10,12,24H,9H2,1-3H3. The molecule has 3 rings (SSSR count). The Labute approximate surface area is 160 Å². The molecule has 0 aliphatic carbocycles. The van der Waals surface area contributed by atoms with Crippen molar-refractivity contribution in [1.82, 2.24) is 4.98 Å². The van der Waals surface area contributed by atoms with Crippen molar-refractivity contribution >= 4 is 32.8 Å². The van der Waals surface area contributed by atoms with E-state index < -0.39 is 5.60 Å². The maximum absolute atomic E-state index is 12.2. The summed E-state index contributed by atoms with van der Waals surface area (Å²) in [4.78, 5) is 15.4. The van der Waals surface area contributed by atoms with Crippen molar-refractivity contribution < 1.29 is 9.53 Å². The van der Waals surface area contributed by atoms with E-state index in [0.717, 1.165) is 26.5 Å². The summed E-state index contributed by atoms with van der Waals surface area (Å²) in [5.41, 5.74) is 3.79. The summed E-state index contributed by atoms with van der Waals surface area (Å²) in [5, 5.41) is 10.1. The number of ether oxygens (including phenoxy) is 1. The van der Waals surface area contributed by atoms with Gasteiger partial charge in [0.05, 0.1) is 17.2 Å². The van der Waals surface area contributed by atoms with Crippen LogP contribution in [0.4, 0.5) is 0 Å². The summed E-state index contributed by atoms with van der Waals surface area (Å²) in [6.07, 6.45) is 2.67. The number of nitrogens with zero attached hydrogens (tertiary/aromatic N) is 1. The summed E-state index contributed by atoms with van der Waals surface area (Å²) in [7, 11) is 0. The summed E-state index contributed by atoms with van der Waals surface area (Å²) in [6.45, 7) is 5.55. The Morgan fingerprint density at radius 2 is 1.96 bits per heavy atom. The summed E-state index contributed by atoms with van der Waals surface area (Å²) in [6, 6.07) is 13.3. The van der Waals surface area contributed by atoms with Crippen LogP contribution in [0.25, 0.3) is 10.9 Å². The number of carbonyl (C=O) groups is 1. The lowest BCUT2D eigenvalue weighted by molar-refractivity contribution is 0.00694. The van der Waals surface area contributed by atoms with Gasteiger partial charge in [0.25, 0.3) is 0 Å². The van der Waals surface area contributed by atoms with Gasteiger partial charge in [0.15, 0.2) is 0 Å². The van der Waals surface area contributed by atoms with Gasteiger partial charge in [-0.3, -0.25) is 0 Å². The van der Waals surface area contributed by atoms with E-state index in [1.165, 1.54) is 0 Å². The topological polar surface area (TPSA) is 65.9 Å². The van der Waals surface area contributed by atoms with Crippen molar-refractivity contribution in [3.05, 3.63) is 69.3 Å². The lowest BCUT2D eigenvalue weighted by atomic mass is 10.0. The molecule has 1 N–H and O–H groups in total. The lowest BCUT2D eigenvalue weighted by Gasteiger charge is -2.19. The highest BCUT2D eigenvalue weighted by Gasteiger charge is 2.18. The van der Waals surface area contributed by atoms with Gasteiger partial charge < -0.3 is 9.72 Å². The Morgan fingerprint density at radius 3 is 2.62 bits per heavy atom. The SMILES string of the molecule is CC(C)(C)OC(=O)c1ccc(Cc2c[nH]c3cc(C#N)ccc23)c(Br)c1. The minimum absolute atomic E-state index is 0.333. The molecule has 1 heterocycles. The Kier molecular flexibility index (Phi) is 4.88. The van der Waals surface area contributed by atoms with Crippen molar-refractivity contribution in [2.75, 3.05) is 0 Å². The van der Waals surface area contributed by atoms with Crippen LogP contribution in [-0.2, 0) is 11.2 Å². The molecule has 0 amide bonds. The minimum Gasteiger partial charge on any atom is -0.456 e. The molecule has 4 nitrogen and oxygen atoms in total. The molecule has 2 aromatic carbocycles. The van der Waals surface area contributed by atoms with Crippen molar-refractivity contribution in [2.24, 2.45) is 0 Å². The van der Waals surface area contributed by atoms with Crippen LogP contribution in [0.2, 0.25) is 0 Å². The zero-order valence-corrected chi connectivity index (χ0v) is 16.5. The quantitative estimate of drug-likeness (QED) is 0.591. The van der Waals surface area contributed by atoms with Gasteiger partial charge in [-0.25, -0.2) is 4.79 Å². The molecule has 5 heteroatoms. The number of esters is 1. The molecule has 0 saturated carbocycles. The first-order chi connectivity index (χ1) is 12.3. The molecule has 1 aromatic heterocycles. The third-order valence-corrected chi connectivity index (χ3v) is 4.70. The first-order valence-corrected chi connectivity index (χ1v) is 9.08. The van der Waals surface area contributed by atoms with Gasteiger partial charge in [-0.2, -0.15) is 5.26 Å². The lowest BCUT2D eigenvalue weighted by Crippen LogP contribution is -2.23. The van der Waals surface area contributed by atoms with Gasteiger partial charge in [-0.1, -0.05) is 28.1 Å². The highest BCUT2D eigenvalue weighted by Crippen LogP contribution is 2.27. The van der Waals surface area contributed by atoms with E-state index in [1.807, 2.05) is 51.2 Å². The first kappa shape index (κ1) is 18.2. The van der Waals surface area contributed by atoms with Gasteiger partial charge >= 0.3 is 5.97 Å². The van der Waals surface area contributed by atoms with E-state index in [0.29, 0.717) is 17.5 Å². The van der Waals surface area contributed by atoms with Crippen molar-refractivity contribution in [3.63, 3.8) is 0 Å². The second-order valence-electron chi connectivity index (χ2n) is 7.17. The van der Waals surface area contributed by atoms with Crippen molar-refractivity contribution in [2.45, 2.75) is 32.8 Å². The second kappa shape index (κ2) is 6.97. The van der Waals surface area contributed by atoms with Crippen LogP contribution in [0, 0.1) is 11.3 Å². The largest absolute Gasteiger partial charge is 0.456 e. The third-order valence-electron chi connectivity index (χ3n) is 3.97. The van der Waals surface area contributed by atoms with Crippen molar-refractivity contribution in [3.8, 4) is 6.07 Å². The highest BCUT2D eigenvalue weighted by molar-refractivity contribution is 9.10. The number of H-pyrrole nitrogens is 1. The van der Waals surface area contributed by atoms with Crippen LogP contribution >= 0.6 is 15.9 Å². The number of benzene rings is 2. The molecular formula is C21H19BrN2O2. The Balaban J connectivity index is 1.85. The zero-order valence-electron chi connectivity index (χ0n) is 14.9. The van der Waals surface area contributed by atoms with Crippen LogP contribution in [0.15, 0.2) is 47.1 Å². The summed E-state index contributed by atoms with van der Waals surface area (Å²) < 4.78 is 6.28. The molecule has 0 radical (unpaired) electrons. The number of aromatic amines is 1. The van der Waals surface area contributed by atoms with Crippen LogP contribution in [0.3, 0.4) is 0 Å². The monoisotopic (exact) mass is 410 g/mol. The van der Waals surface area contributed by atoms with E-state index in [1.54, 1.807) is 12.1 Å². The number of halogens is 1. The van der Waals surface area contributed by atoms with Crippen LogP contribution in [-0.4, -0.2) is 16.6 Å². The van der Waals surface area contributed by atoms with Gasteiger partial charge in [0, 0.05) is 28.0 Å². The average Bonchev–Trinajstić information content (AvgIpc) is 2.97. The average molecular weight is 411 g/mol. The highest BCUT2D eigenvalue weighted by atomic mass is 79.9. The number of aromatic nitrogens is 1. The second-order valence-corrected chi connectivity index (χ2v) is 8.03. The number of carbonyl (C=O) groups excluding carboxylic acids is 1. The van der Waals surface area contributed by atoms with Crippen LogP contribution < -0.4 is 0 Å². The normalized spacial score (nSPS) is 11.3. The third kappa shape index (κ3) is 3.97. The number of nitriles is 1. The molecule has 0 aliphatic heterocycles. The minimum atomic E-state index is -0.519. The first-order valence-electron chi connectivity index (χ1n) is 8.29. The Bertz CT molecular complexity index is 1020. The smallest absolute Gasteiger partial charge is 0.338 e. The molecule has 0 saturated heterocycles. The number of hydrogen-bond acceptors (Lipinski definition) is 3. The fraction of sp³-hybridized carbons (Fsp3) is 0.238. The Morgan fingerprint density at radius 1 is 1.19 bits per heavy atom. The van der Waals surface area contributed by atoms with Gasteiger partial charge in [0.1, 0.15) is 5.60 Å². The molecule has 0 unspecified atom stereocenters. The van der Waals surface area contributed by atoms with Gasteiger partial charge in [-0.05, 0) is 56.2 Å². The molecule has 0 atom stereocenters. The van der Waals surface area contributed by atoms with E-state index in [-0.39, 0.29) is 5.97 Å². The van der Waals surface area contributed by atoms with E-state index >= 15 is 0 Å². The summed E-state index contributed by atoms with van der Waals surface area (Å²) >= 11 is 3.57.